The summed E-state index contributed by atoms with van der Waals surface area (Å²) in [6.45, 7) is 3.11. The number of ether oxygens (including phenoxy) is 2. The molecule has 1 aliphatic carbocycles. The van der Waals surface area contributed by atoms with Crippen LogP contribution in [0.5, 0.6) is 11.5 Å². The summed E-state index contributed by atoms with van der Waals surface area (Å²) in [5.41, 5.74) is 1.18. The van der Waals surface area contributed by atoms with E-state index in [1.54, 1.807) is 14.2 Å². The minimum Gasteiger partial charge on any atom is -0.497 e. The number of hydrogen-bond acceptors (Lipinski definition) is 3. The summed E-state index contributed by atoms with van der Waals surface area (Å²) in [6.07, 6.45) is 2.74. The van der Waals surface area contributed by atoms with Crippen molar-refractivity contribution >= 4 is 0 Å². The fourth-order valence-electron chi connectivity index (χ4n) is 2.03. The number of hydrogen-bond donors (Lipinski definition) is 1. The first kappa shape index (κ1) is 12.2. The van der Waals surface area contributed by atoms with Gasteiger partial charge in [0, 0.05) is 24.2 Å². The molecular weight excluding hydrogens is 214 g/mol. The van der Waals surface area contributed by atoms with E-state index < -0.39 is 0 Å². The van der Waals surface area contributed by atoms with Crippen LogP contribution in [0, 0.1) is 5.92 Å². The van der Waals surface area contributed by atoms with E-state index in [2.05, 4.69) is 18.3 Å². The average Bonchev–Trinajstić information content (AvgIpc) is 3.19. The molecule has 1 saturated carbocycles. The molecule has 3 nitrogen and oxygen atoms in total. The highest BCUT2D eigenvalue weighted by atomic mass is 16.5. The van der Waals surface area contributed by atoms with Crippen LogP contribution in [0.4, 0.5) is 0 Å². The van der Waals surface area contributed by atoms with Gasteiger partial charge >= 0.3 is 0 Å². The maximum Gasteiger partial charge on any atom is 0.127 e. The van der Waals surface area contributed by atoms with Gasteiger partial charge in [0.1, 0.15) is 11.5 Å². The largest absolute Gasteiger partial charge is 0.497 e. The standard InChI is InChI=1S/C14H21NO2/c1-10(11-4-5-11)15-9-12-6-7-13(16-2)8-14(12)17-3/h6-8,10-11,15H,4-5,9H2,1-3H3/t10-/m1/s1. The van der Waals surface area contributed by atoms with Gasteiger partial charge < -0.3 is 14.8 Å². The van der Waals surface area contributed by atoms with Gasteiger partial charge in [-0.25, -0.2) is 0 Å². The van der Waals surface area contributed by atoms with Gasteiger partial charge in [-0.3, -0.25) is 0 Å². The van der Waals surface area contributed by atoms with Crippen LogP contribution >= 0.6 is 0 Å². The first-order valence-electron chi connectivity index (χ1n) is 6.19. The Bertz CT molecular complexity index is 374. The molecule has 0 aromatic heterocycles. The molecule has 3 heteroatoms. The predicted molar refractivity (Wildman–Crippen MR) is 68.6 cm³/mol. The van der Waals surface area contributed by atoms with Gasteiger partial charge in [-0.1, -0.05) is 6.07 Å². The normalized spacial score (nSPS) is 16.6. The van der Waals surface area contributed by atoms with Crippen molar-refractivity contribution in [2.75, 3.05) is 14.2 Å². The zero-order valence-corrected chi connectivity index (χ0v) is 10.8. The smallest absolute Gasteiger partial charge is 0.127 e. The number of benzene rings is 1. The van der Waals surface area contributed by atoms with Gasteiger partial charge in [0.2, 0.25) is 0 Å². The fourth-order valence-corrected chi connectivity index (χ4v) is 2.03. The van der Waals surface area contributed by atoms with E-state index in [4.69, 9.17) is 9.47 Å². The Morgan fingerprint density at radius 1 is 1.29 bits per heavy atom. The molecule has 17 heavy (non-hydrogen) atoms. The highest BCUT2D eigenvalue weighted by Crippen LogP contribution is 2.32. The number of methoxy groups -OCH3 is 2. The fraction of sp³-hybridized carbons (Fsp3) is 0.571. The lowest BCUT2D eigenvalue weighted by atomic mass is 10.1. The third-order valence-corrected chi connectivity index (χ3v) is 3.44. The summed E-state index contributed by atoms with van der Waals surface area (Å²) in [4.78, 5) is 0. The zero-order chi connectivity index (χ0) is 12.3. The van der Waals surface area contributed by atoms with E-state index in [0.29, 0.717) is 6.04 Å². The maximum atomic E-state index is 5.38. The van der Waals surface area contributed by atoms with Gasteiger partial charge in [-0.2, -0.15) is 0 Å². The first-order valence-corrected chi connectivity index (χ1v) is 6.19. The summed E-state index contributed by atoms with van der Waals surface area (Å²) in [5, 5.41) is 3.55. The Hall–Kier alpha value is -1.22. The van der Waals surface area contributed by atoms with E-state index in [0.717, 1.165) is 24.0 Å². The predicted octanol–water partition coefficient (Wildman–Crippen LogP) is 2.59. The minimum atomic E-state index is 0.599. The van der Waals surface area contributed by atoms with Crippen molar-refractivity contribution in [2.45, 2.75) is 32.4 Å². The molecule has 0 spiro atoms. The molecule has 1 aliphatic rings. The third kappa shape index (κ3) is 3.13. The molecule has 1 N–H and O–H groups in total. The van der Waals surface area contributed by atoms with Crippen molar-refractivity contribution < 1.29 is 9.47 Å². The zero-order valence-electron chi connectivity index (χ0n) is 10.8. The van der Waals surface area contributed by atoms with Crippen molar-refractivity contribution in [3.63, 3.8) is 0 Å². The maximum absolute atomic E-state index is 5.38. The third-order valence-electron chi connectivity index (χ3n) is 3.44. The highest BCUT2D eigenvalue weighted by Gasteiger charge is 2.27. The van der Waals surface area contributed by atoms with Crippen LogP contribution in [0.15, 0.2) is 18.2 Å². The highest BCUT2D eigenvalue weighted by molar-refractivity contribution is 5.40. The van der Waals surface area contributed by atoms with Crippen LogP contribution in [-0.2, 0) is 6.54 Å². The van der Waals surface area contributed by atoms with Crippen LogP contribution in [0.1, 0.15) is 25.3 Å². The van der Waals surface area contributed by atoms with Gasteiger partial charge in [0.15, 0.2) is 0 Å². The molecule has 0 aliphatic heterocycles. The molecule has 94 valence electrons. The quantitative estimate of drug-likeness (QED) is 0.822. The molecule has 0 amide bonds. The van der Waals surface area contributed by atoms with Crippen LogP contribution in [-0.4, -0.2) is 20.3 Å². The van der Waals surface area contributed by atoms with Crippen molar-refractivity contribution in [3.8, 4) is 11.5 Å². The Morgan fingerprint density at radius 2 is 2.06 bits per heavy atom. The minimum absolute atomic E-state index is 0.599. The molecule has 0 unspecified atom stereocenters. The topological polar surface area (TPSA) is 30.5 Å². The molecule has 0 radical (unpaired) electrons. The molecule has 1 atom stereocenters. The van der Waals surface area contributed by atoms with Crippen molar-refractivity contribution in [1.82, 2.24) is 5.32 Å². The second-order valence-electron chi connectivity index (χ2n) is 4.68. The monoisotopic (exact) mass is 235 g/mol. The molecule has 2 rings (SSSR count). The van der Waals surface area contributed by atoms with E-state index in [-0.39, 0.29) is 0 Å². The van der Waals surface area contributed by atoms with Crippen molar-refractivity contribution in [1.29, 1.82) is 0 Å². The Balaban J connectivity index is 1.98. The second-order valence-corrected chi connectivity index (χ2v) is 4.68. The van der Waals surface area contributed by atoms with Crippen LogP contribution in [0.25, 0.3) is 0 Å². The Labute approximate surface area is 103 Å². The SMILES string of the molecule is COc1ccc(CN[C@H](C)C2CC2)c(OC)c1. The van der Waals surface area contributed by atoms with Gasteiger partial charge in [-0.15, -0.1) is 0 Å². The van der Waals surface area contributed by atoms with E-state index in [1.165, 1.54) is 18.4 Å². The lowest BCUT2D eigenvalue weighted by molar-refractivity contribution is 0.387. The molecule has 1 fully saturated rings. The van der Waals surface area contributed by atoms with Gasteiger partial charge in [0.05, 0.1) is 14.2 Å². The van der Waals surface area contributed by atoms with Crippen LogP contribution in [0.2, 0.25) is 0 Å². The van der Waals surface area contributed by atoms with Crippen molar-refractivity contribution in [2.24, 2.45) is 5.92 Å². The number of rotatable bonds is 6. The summed E-state index contributed by atoms with van der Waals surface area (Å²) in [5.74, 6) is 2.60. The van der Waals surface area contributed by atoms with Crippen LogP contribution in [0.3, 0.4) is 0 Å². The van der Waals surface area contributed by atoms with Crippen LogP contribution < -0.4 is 14.8 Å². The summed E-state index contributed by atoms with van der Waals surface area (Å²) < 4.78 is 10.6. The van der Waals surface area contributed by atoms with Crippen molar-refractivity contribution in [3.05, 3.63) is 23.8 Å². The van der Waals surface area contributed by atoms with E-state index in [1.807, 2.05) is 12.1 Å². The number of nitrogens with one attached hydrogen (secondary N) is 1. The second kappa shape index (κ2) is 5.41. The van der Waals surface area contributed by atoms with Gasteiger partial charge in [-0.05, 0) is 31.7 Å². The molecule has 1 aromatic carbocycles. The Morgan fingerprint density at radius 3 is 2.65 bits per heavy atom. The van der Waals surface area contributed by atoms with E-state index >= 15 is 0 Å². The van der Waals surface area contributed by atoms with E-state index in [9.17, 15) is 0 Å². The molecule has 1 aromatic rings. The molecule has 0 bridgehead atoms. The first-order chi connectivity index (χ1) is 8.24. The lowest BCUT2D eigenvalue weighted by Crippen LogP contribution is -2.27. The summed E-state index contributed by atoms with van der Waals surface area (Å²) in [7, 11) is 3.37. The summed E-state index contributed by atoms with van der Waals surface area (Å²) >= 11 is 0. The molecule has 0 saturated heterocycles. The van der Waals surface area contributed by atoms with Gasteiger partial charge in [0.25, 0.3) is 0 Å². The molecular formula is C14H21NO2. The summed E-state index contributed by atoms with van der Waals surface area (Å²) in [6, 6.07) is 6.56. The Kier molecular flexibility index (Phi) is 3.89. The average molecular weight is 235 g/mol. The lowest BCUT2D eigenvalue weighted by Gasteiger charge is -2.15. The molecule has 0 heterocycles.